The maximum Gasteiger partial charge on any atom is 0.128 e. The van der Waals surface area contributed by atoms with Gasteiger partial charge in [-0.1, -0.05) is 25.7 Å². The van der Waals surface area contributed by atoms with Gasteiger partial charge in [0.15, 0.2) is 0 Å². The van der Waals surface area contributed by atoms with Gasteiger partial charge in [0.2, 0.25) is 0 Å². The van der Waals surface area contributed by atoms with Gasteiger partial charge in [0, 0.05) is 16.2 Å². The highest BCUT2D eigenvalue weighted by Crippen LogP contribution is 2.32. The van der Waals surface area contributed by atoms with Crippen LogP contribution < -0.4 is 10.1 Å². The summed E-state index contributed by atoms with van der Waals surface area (Å²) in [5, 5.41) is 2.84. The van der Waals surface area contributed by atoms with Crippen LogP contribution in [-0.4, -0.2) is 19.7 Å². The molecule has 0 spiro atoms. The molecule has 0 saturated heterocycles. The second-order valence-corrected chi connectivity index (χ2v) is 10.9. The minimum absolute atomic E-state index is 0.846. The molecule has 0 unspecified atom stereocenters. The van der Waals surface area contributed by atoms with E-state index in [-0.39, 0.29) is 0 Å². The molecular weight excluding hydrogens is 226 g/mol. The zero-order valence-corrected chi connectivity index (χ0v) is 11.8. The first-order valence-electron chi connectivity index (χ1n) is 6.34. The number of aromatic amines is 1. The molecule has 17 heavy (non-hydrogen) atoms. The molecule has 0 radical (unpaired) electrons. The van der Waals surface area contributed by atoms with Gasteiger partial charge in [-0.2, -0.15) is 0 Å². The zero-order chi connectivity index (χ0) is 12.0. The van der Waals surface area contributed by atoms with Gasteiger partial charge in [0.05, 0.1) is 14.7 Å². The fraction of sp³-hybridized carbons (Fsp3) is 0.429. The number of ether oxygens (including phenoxy) is 1. The number of aromatic nitrogens is 1. The SMILES string of the molecule is C[Si](C)(C)c1[nH]c2cccc3c2c1CCCO3. The fourth-order valence-corrected chi connectivity index (χ4v) is 4.39. The minimum atomic E-state index is -1.30. The molecule has 2 heterocycles. The third kappa shape index (κ3) is 1.69. The van der Waals surface area contributed by atoms with E-state index < -0.39 is 8.07 Å². The molecular formula is C14H19NOSi. The Kier molecular flexibility index (Phi) is 2.33. The maximum atomic E-state index is 5.84. The summed E-state index contributed by atoms with van der Waals surface area (Å²) in [6, 6.07) is 6.34. The third-order valence-electron chi connectivity index (χ3n) is 3.47. The molecule has 0 bridgehead atoms. The van der Waals surface area contributed by atoms with Crippen LogP contribution >= 0.6 is 0 Å². The van der Waals surface area contributed by atoms with Crippen molar-refractivity contribution >= 4 is 24.3 Å². The molecule has 1 N–H and O–H groups in total. The number of rotatable bonds is 1. The standard InChI is InChI=1S/C14H19NOSi/c1-17(2,3)14-10-6-5-9-16-12-8-4-7-11(15-14)13(10)12/h4,7-8,15H,5-6,9H2,1-3H3. The van der Waals surface area contributed by atoms with Crippen molar-refractivity contribution < 1.29 is 4.74 Å². The summed E-state index contributed by atoms with van der Waals surface area (Å²) >= 11 is 0. The summed E-state index contributed by atoms with van der Waals surface area (Å²) in [4.78, 5) is 3.65. The lowest BCUT2D eigenvalue weighted by molar-refractivity contribution is 0.319. The second-order valence-electron chi connectivity index (χ2n) is 5.86. The minimum Gasteiger partial charge on any atom is -0.493 e. The lowest BCUT2D eigenvalue weighted by atomic mass is 10.1. The summed E-state index contributed by atoms with van der Waals surface area (Å²) in [6.45, 7) is 8.05. The van der Waals surface area contributed by atoms with E-state index in [4.69, 9.17) is 4.74 Å². The summed E-state index contributed by atoms with van der Waals surface area (Å²) in [5.74, 6) is 1.07. The average molecular weight is 245 g/mol. The predicted octanol–water partition coefficient (Wildman–Crippen LogP) is 3.04. The molecule has 0 aliphatic carbocycles. The van der Waals surface area contributed by atoms with Crippen molar-refractivity contribution in [3.8, 4) is 5.75 Å². The van der Waals surface area contributed by atoms with E-state index in [2.05, 4.69) is 42.8 Å². The van der Waals surface area contributed by atoms with Crippen LogP contribution in [-0.2, 0) is 6.42 Å². The Morgan fingerprint density at radius 3 is 2.82 bits per heavy atom. The molecule has 0 fully saturated rings. The molecule has 1 aliphatic heterocycles. The Bertz CT molecular complexity index is 565. The van der Waals surface area contributed by atoms with E-state index in [1.54, 1.807) is 0 Å². The Labute approximate surface area is 103 Å². The van der Waals surface area contributed by atoms with Gasteiger partial charge in [0.25, 0.3) is 0 Å². The number of nitrogens with one attached hydrogen (secondary N) is 1. The summed E-state index contributed by atoms with van der Waals surface area (Å²) in [6.07, 6.45) is 2.27. The number of hydrogen-bond acceptors (Lipinski definition) is 1. The largest absolute Gasteiger partial charge is 0.493 e. The van der Waals surface area contributed by atoms with Crippen LogP contribution in [0, 0.1) is 0 Å². The van der Waals surface area contributed by atoms with E-state index in [1.165, 1.54) is 21.8 Å². The van der Waals surface area contributed by atoms with Gasteiger partial charge in [-0.15, -0.1) is 0 Å². The van der Waals surface area contributed by atoms with Crippen LogP contribution in [0.2, 0.25) is 19.6 Å². The molecule has 0 saturated carbocycles. The lowest BCUT2D eigenvalue weighted by Gasteiger charge is -2.16. The van der Waals surface area contributed by atoms with E-state index in [1.807, 2.05) is 0 Å². The predicted molar refractivity (Wildman–Crippen MR) is 75.1 cm³/mol. The van der Waals surface area contributed by atoms with Crippen LogP contribution in [0.4, 0.5) is 0 Å². The van der Waals surface area contributed by atoms with E-state index in [0.717, 1.165) is 25.2 Å². The quantitative estimate of drug-likeness (QED) is 0.768. The van der Waals surface area contributed by atoms with Gasteiger partial charge >= 0.3 is 0 Å². The van der Waals surface area contributed by atoms with Gasteiger partial charge < -0.3 is 9.72 Å². The van der Waals surface area contributed by atoms with Crippen LogP contribution in [0.5, 0.6) is 5.75 Å². The van der Waals surface area contributed by atoms with Crippen LogP contribution in [0.25, 0.3) is 10.9 Å². The van der Waals surface area contributed by atoms with Crippen molar-refractivity contribution in [2.75, 3.05) is 6.61 Å². The third-order valence-corrected chi connectivity index (χ3v) is 5.39. The molecule has 3 rings (SSSR count). The molecule has 90 valence electrons. The second kappa shape index (κ2) is 3.64. The summed E-state index contributed by atoms with van der Waals surface area (Å²) < 4.78 is 5.84. The molecule has 3 heteroatoms. The van der Waals surface area contributed by atoms with E-state index >= 15 is 0 Å². The smallest absolute Gasteiger partial charge is 0.128 e. The zero-order valence-electron chi connectivity index (χ0n) is 10.8. The topological polar surface area (TPSA) is 25.0 Å². The fourth-order valence-electron chi connectivity index (χ4n) is 2.72. The van der Waals surface area contributed by atoms with Gasteiger partial charge in [-0.3, -0.25) is 0 Å². The van der Waals surface area contributed by atoms with Crippen molar-refractivity contribution in [1.82, 2.24) is 4.98 Å². The molecule has 2 nitrogen and oxygen atoms in total. The highest BCUT2D eigenvalue weighted by Gasteiger charge is 2.26. The van der Waals surface area contributed by atoms with E-state index in [0.29, 0.717) is 0 Å². The Balaban J connectivity index is 2.35. The normalized spacial score (nSPS) is 15.7. The first kappa shape index (κ1) is 10.9. The lowest BCUT2D eigenvalue weighted by Crippen LogP contribution is -2.40. The number of H-pyrrole nitrogens is 1. The van der Waals surface area contributed by atoms with Crippen LogP contribution in [0.3, 0.4) is 0 Å². The monoisotopic (exact) mass is 245 g/mol. The average Bonchev–Trinajstić information content (AvgIpc) is 2.50. The first-order valence-corrected chi connectivity index (χ1v) is 9.84. The van der Waals surface area contributed by atoms with Crippen molar-refractivity contribution in [2.24, 2.45) is 0 Å². The van der Waals surface area contributed by atoms with Crippen molar-refractivity contribution in [3.63, 3.8) is 0 Å². The highest BCUT2D eigenvalue weighted by atomic mass is 28.3. The maximum absolute atomic E-state index is 5.84. The Morgan fingerprint density at radius 2 is 2.06 bits per heavy atom. The molecule has 1 aromatic heterocycles. The van der Waals surface area contributed by atoms with Crippen LogP contribution in [0.15, 0.2) is 18.2 Å². The van der Waals surface area contributed by atoms with Gasteiger partial charge in [0.1, 0.15) is 5.75 Å². The number of hydrogen-bond donors (Lipinski definition) is 1. The molecule has 1 aliphatic rings. The van der Waals surface area contributed by atoms with Crippen molar-refractivity contribution in [2.45, 2.75) is 32.5 Å². The first-order chi connectivity index (χ1) is 8.07. The Morgan fingerprint density at radius 1 is 1.24 bits per heavy atom. The Hall–Kier alpha value is -1.22. The summed E-state index contributed by atoms with van der Waals surface area (Å²) in [7, 11) is -1.30. The molecule has 0 amide bonds. The summed E-state index contributed by atoms with van der Waals surface area (Å²) in [5.41, 5.74) is 2.77. The van der Waals surface area contributed by atoms with E-state index in [9.17, 15) is 0 Å². The highest BCUT2D eigenvalue weighted by molar-refractivity contribution is 6.88. The van der Waals surface area contributed by atoms with Crippen molar-refractivity contribution in [1.29, 1.82) is 0 Å². The van der Waals surface area contributed by atoms with Gasteiger partial charge in [-0.25, -0.2) is 0 Å². The van der Waals surface area contributed by atoms with Crippen molar-refractivity contribution in [3.05, 3.63) is 23.8 Å². The molecule has 0 atom stereocenters. The van der Waals surface area contributed by atoms with Gasteiger partial charge in [-0.05, 0) is 30.5 Å². The number of benzene rings is 1. The molecule has 1 aromatic carbocycles. The number of aryl methyl sites for hydroxylation is 1. The van der Waals surface area contributed by atoms with Crippen LogP contribution in [0.1, 0.15) is 12.0 Å². The molecule has 2 aromatic rings.